The van der Waals surface area contributed by atoms with Crippen LogP contribution in [0.2, 0.25) is 0 Å². The van der Waals surface area contributed by atoms with Crippen molar-refractivity contribution in [1.82, 2.24) is 14.2 Å². The van der Waals surface area contributed by atoms with Gasteiger partial charge in [0.2, 0.25) is 10.0 Å². The van der Waals surface area contributed by atoms with Crippen LogP contribution in [0.25, 0.3) is 10.9 Å². The number of pyridine rings is 1. The molecule has 3 aromatic rings. The zero-order chi connectivity index (χ0) is 22.2. The average molecular weight is 438 g/mol. The quantitative estimate of drug-likeness (QED) is 0.627. The lowest BCUT2D eigenvalue weighted by Gasteiger charge is -2.34. The van der Waals surface area contributed by atoms with Gasteiger partial charge in [0.1, 0.15) is 5.82 Å². The van der Waals surface area contributed by atoms with Crippen LogP contribution in [-0.2, 0) is 10.0 Å². The van der Waals surface area contributed by atoms with E-state index in [0.717, 1.165) is 0 Å². The number of sulfonamides is 1. The summed E-state index contributed by atoms with van der Waals surface area (Å²) in [6.45, 7) is 2.52. The molecule has 4 rings (SSSR count). The molecule has 0 atom stereocenters. The van der Waals surface area contributed by atoms with Gasteiger partial charge in [0.15, 0.2) is 0 Å². The summed E-state index contributed by atoms with van der Waals surface area (Å²) in [6, 6.07) is 13.6. The summed E-state index contributed by atoms with van der Waals surface area (Å²) in [5.74, 6) is -0.621. The van der Waals surface area contributed by atoms with Crippen LogP contribution in [0.5, 0.6) is 0 Å². The molecule has 0 spiro atoms. The van der Waals surface area contributed by atoms with Gasteiger partial charge in [-0.15, -0.1) is 0 Å². The van der Waals surface area contributed by atoms with E-state index in [9.17, 15) is 17.6 Å². The standard InChI is InChI=1S/C22H19FN4O3S/c1-15-20(12-17-4-5-18(23)13-21(17)25-15)22(28)26-8-10-27(11-9-26)31(29,30)19-6-2-16(14-24)3-7-19/h2-7,12-13H,8-11H2,1H3. The molecular formula is C22H19FN4O3S. The molecule has 1 aliphatic rings. The molecule has 9 heteroatoms. The van der Waals surface area contributed by atoms with Crippen molar-refractivity contribution in [1.29, 1.82) is 5.26 Å². The van der Waals surface area contributed by atoms with Crippen molar-refractivity contribution in [3.63, 3.8) is 0 Å². The maximum Gasteiger partial charge on any atom is 0.255 e. The fraction of sp³-hybridized carbons (Fsp3) is 0.227. The second-order valence-corrected chi connectivity index (χ2v) is 9.23. The number of benzene rings is 2. The van der Waals surface area contributed by atoms with Gasteiger partial charge in [0.05, 0.1) is 33.3 Å². The molecule has 0 aliphatic carbocycles. The smallest absolute Gasteiger partial charge is 0.255 e. The predicted octanol–water partition coefficient (Wildman–Crippen LogP) is 2.70. The van der Waals surface area contributed by atoms with Gasteiger partial charge in [-0.05, 0) is 49.4 Å². The van der Waals surface area contributed by atoms with Crippen LogP contribution in [0, 0.1) is 24.1 Å². The van der Waals surface area contributed by atoms with Crippen LogP contribution in [0.3, 0.4) is 0 Å². The summed E-state index contributed by atoms with van der Waals surface area (Å²) < 4.78 is 40.5. The van der Waals surface area contributed by atoms with E-state index in [1.807, 2.05) is 6.07 Å². The Bertz CT molecular complexity index is 1310. The molecule has 0 radical (unpaired) electrons. The molecular weight excluding hydrogens is 419 g/mol. The molecule has 0 N–H and O–H groups in total. The van der Waals surface area contributed by atoms with Gasteiger partial charge in [0, 0.05) is 37.6 Å². The van der Waals surface area contributed by atoms with Gasteiger partial charge < -0.3 is 4.90 Å². The average Bonchev–Trinajstić information content (AvgIpc) is 2.78. The third-order valence-electron chi connectivity index (χ3n) is 5.35. The first kappa shape index (κ1) is 20.9. The highest BCUT2D eigenvalue weighted by Crippen LogP contribution is 2.22. The van der Waals surface area contributed by atoms with Gasteiger partial charge in [-0.25, -0.2) is 12.8 Å². The van der Waals surface area contributed by atoms with Crippen LogP contribution in [0.1, 0.15) is 21.6 Å². The molecule has 0 bridgehead atoms. The molecule has 7 nitrogen and oxygen atoms in total. The zero-order valence-electron chi connectivity index (χ0n) is 16.7. The first-order valence-electron chi connectivity index (χ1n) is 9.66. The van der Waals surface area contributed by atoms with E-state index >= 15 is 0 Å². The van der Waals surface area contributed by atoms with E-state index in [2.05, 4.69) is 4.98 Å². The minimum absolute atomic E-state index is 0.119. The van der Waals surface area contributed by atoms with Gasteiger partial charge >= 0.3 is 0 Å². The Morgan fingerprint density at radius 3 is 2.39 bits per heavy atom. The number of aryl methyl sites for hydroxylation is 1. The first-order chi connectivity index (χ1) is 14.8. The lowest BCUT2D eigenvalue weighted by Crippen LogP contribution is -2.50. The van der Waals surface area contributed by atoms with Crippen LogP contribution in [-0.4, -0.2) is 54.7 Å². The van der Waals surface area contributed by atoms with E-state index < -0.39 is 15.8 Å². The topological polar surface area (TPSA) is 94.4 Å². The number of piperazine rings is 1. The van der Waals surface area contributed by atoms with E-state index in [-0.39, 0.29) is 37.0 Å². The number of halogens is 1. The number of hydrogen-bond donors (Lipinski definition) is 0. The van der Waals surface area contributed by atoms with E-state index in [0.29, 0.717) is 27.7 Å². The van der Waals surface area contributed by atoms with Crippen molar-refractivity contribution in [3.8, 4) is 6.07 Å². The summed E-state index contributed by atoms with van der Waals surface area (Å²) >= 11 is 0. The second-order valence-electron chi connectivity index (χ2n) is 7.29. The molecule has 1 saturated heterocycles. The number of carbonyl (C=O) groups excluding carboxylic acids is 1. The van der Waals surface area contributed by atoms with Crippen molar-refractivity contribution in [2.24, 2.45) is 0 Å². The largest absolute Gasteiger partial charge is 0.336 e. The molecule has 1 aromatic heterocycles. The minimum atomic E-state index is -3.70. The Hall–Kier alpha value is -3.35. The highest BCUT2D eigenvalue weighted by Gasteiger charge is 2.31. The summed E-state index contributed by atoms with van der Waals surface area (Å²) in [6.07, 6.45) is 0. The van der Waals surface area contributed by atoms with Crippen LogP contribution >= 0.6 is 0 Å². The van der Waals surface area contributed by atoms with Crippen molar-refractivity contribution in [3.05, 3.63) is 71.2 Å². The summed E-state index contributed by atoms with van der Waals surface area (Å²) in [7, 11) is -3.70. The maximum absolute atomic E-state index is 13.4. The third-order valence-corrected chi connectivity index (χ3v) is 7.26. The number of nitrogens with zero attached hydrogens (tertiary/aromatic N) is 4. The second kappa shape index (κ2) is 8.06. The fourth-order valence-corrected chi connectivity index (χ4v) is 5.03. The van der Waals surface area contributed by atoms with Crippen LogP contribution < -0.4 is 0 Å². The van der Waals surface area contributed by atoms with Crippen molar-refractivity contribution >= 4 is 26.8 Å². The maximum atomic E-state index is 13.4. The number of amides is 1. The number of hydrogen-bond acceptors (Lipinski definition) is 5. The normalized spacial score (nSPS) is 15.1. The summed E-state index contributed by atoms with van der Waals surface area (Å²) in [4.78, 5) is 19.1. The van der Waals surface area contributed by atoms with Crippen molar-refractivity contribution in [2.75, 3.05) is 26.2 Å². The molecule has 2 aromatic carbocycles. The van der Waals surface area contributed by atoms with E-state index in [4.69, 9.17) is 5.26 Å². The van der Waals surface area contributed by atoms with Crippen molar-refractivity contribution in [2.45, 2.75) is 11.8 Å². The zero-order valence-corrected chi connectivity index (χ0v) is 17.6. The van der Waals surface area contributed by atoms with Crippen molar-refractivity contribution < 1.29 is 17.6 Å². The summed E-state index contributed by atoms with van der Waals surface area (Å²) in [5.41, 5.74) is 1.78. The Labute approximate surface area is 179 Å². The summed E-state index contributed by atoms with van der Waals surface area (Å²) in [5, 5.41) is 9.54. The highest BCUT2D eigenvalue weighted by atomic mass is 32.2. The van der Waals surface area contributed by atoms with Gasteiger partial charge in [-0.1, -0.05) is 0 Å². The molecule has 1 fully saturated rings. The number of nitriles is 1. The molecule has 1 aliphatic heterocycles. The minimum Gasteiger partial charge on any atom is -0.336 e. The molecule has 158 valence electrons. The molecule has 1 amide bonds. The Morgan fingerprint density at radius 1 is 1.06 bits per heavy atom. The number of carbonyl (C=O) groups is 1. The van der Waals surface area contributed by atoms with Gasteiger partial charge in [-0.2, -0.15) is 9.57 Å². The molecule has 0 unspecified atom stereocenters. The van der Waals surface area contributed by atoms with E-state index in [1.165, 1.54) is 40.7 Å². The molecule has 2 heterocycles. The predicted molar refractivity (Wildman–Crippen MR) is 112 cm³/mol. The molecule has 0 saturated carbocycles. The van der Waals surface area contributed by atoms with Crippen LogP contribution in [0.4, 0.5) is 4.39 Å². The van der Waals surface area contributed by atoms with Gasteiger partial charge in [-0.3, -0.25) is 9.78 Å². The van der Waals surface area contributed by atoms with Gasteiger partial charge in [0.25, 0.3) is 5.91 Å². The highest BCUT2D eigenvalue weighted by molar-refractivity contribution is 7.89. The number of aromatic nitrogens is 1. The third kappa shape index (κ3) is 4.00. The first-order valence-corrected chi connectivity index (χ1v) is 11.1. The van der Waals surface area contributed by atoms with E-state index in [1.54, 1.807) is 24.0 Å². The van der Waals surface area contributed by atoms with Crippen LogP contribution in [0.15, 0.2) is 53.4 Å². The lowest BCUT2D eigenvalue weighted by atomic mass is 10.1. The number of rotatable bonds is 3. The Kier molecular flexibility index (Phi) is 5.43. The fourth-order valence-electron chi connectivity index (χ4n) is 3.61. The Balaban J connectivity index is 1.50. The lowest BCUT2D eigenvalue weighted by molar-refractivity contribution is 0.0697. The monoisotopic (exact) mass is 438 g/mol. The Morgan fingerprint density at radius 2 is 1.74 bits per heavy atom. The number of fused-ring (bicyclic) bond motifs is 1. The molecule has 31 heavy (non-hydrogen) atoms. The SMILES string of the molecule is Cc1nc2cc(F)ccc2cc1C(=O)N1CCN(S(=O)(=O)c2ccc(C#N)cc2)CC1.